The molecule has 0 spiro atoms. The summed E-state index contributed by atoms with van der Waals surface area (Å²) < 4.78 is 1.95. The number of rotatable bonds is 5. The summed E-state index contributed by atoms with van der Waals surface area (Å²) in [5.74, 6) is -0.0165. The number of nitrogens with zero attached hydrogens (tertiary/aromatic N) is 3. The molecule has 0 unspecified atom stereocenters. The highest BCUT2D eigenvalue weighted by Crippen LogP contribution is 2.33. The van der Waals surface area contributed by atoms with Crippen molar-refractivity contribution in [2.24, 2.45) is 5.10 Å². The Morgan fingerprint density at radius 3 is 2.38 bits per heavy atom. The molecule has 3 aromatic rings. The van der Waals surface area contributed by atoms with Crippen molar-refractivity contribution < 1.29 is 4.79 Å². The number of carbonyl (C=O) groups excluding carboxylic acids is 1. The van der Waals surface area contributed by atoms with Crippen molar-refractivity contribution in [3.05, 3.63) is 104 Å². The summed E-state index contributed by atoms with van der Waals surface area (Å²) in [6.45, 7) is 0.995. The molecule has 0 bridgehead atoms. The lowest BCUT2D eigenvalue weighted by atomic mass is 10.1. The number of carbonyl (C=O) groups is 1. The lowest BCUT2D eigenvalue weighted by molar-refractivity contribution is -0.128. The van der Waals surface area contributed by atoms with Gasteiger partial charge in [-0.1, -0.05) is 86.5 Å². The average Bonchev–Trinajstić information content (AvgIpc) is 3.02. The van der Waals surface area contributed by atoms with Crippen LogP contribution < -0.4 is 0 Å². The first kappa shape index (κ1) is 20.0. The second kappa shape index (κ2) is 9.03. The molecule has 0 N–H and O–H groups in total. The Kier molecular flexibility index (Phi) is 6.23. The molecule has 0 saturated carbocycles. The average molecular weight is 513 g/mol. The highest BCUT2D eigenvalue weighted by molar-refractivity contribution is 9.10. The molecule has 6 heteroatoms. The van der Waals surface area contributed by atoms with Gasteiger partial charge in [0.05, 0.1) is 12.8 Å². The second-order valence-corrected chi connectivity index (χ2v) is 8.69. The molecule has 1 saturated heterocycles. The summed E-state index contributed by atoms with van der Waals surface area (Å²) >= 11 is 7.02. The van der Waals surface area contributed by atoms with Crippen molar-refractivity contribution in [1.82, 2.24) is 9.91 Å². The maximum atomic E-state index is 12.9. The standard InChI is InChI=1S/C23H19Br2N3O/c24-20-10-4-8-18(12-20)14-26-28-22(29)16-27(15-17-6-2-1-3-7-17)23(28)19-9-5-11-21(25)13-19/h1-14,23H,15-16H2/b26-14-/t23-/m0/s1. The smallest absolute Gasteiger partial charge is 0.258 e. The fourth-order valence-corrected chi connectivity index (χ4v) is 4.28. The van der Waals surface area contributed by atoms with E-state index in [2.05, 4.69) is 54.0 Å². The highest BCUT2D eigenvalue weighted by Gasteiger charge is 2.39. The molecule has 29 heavy (non-hydrogen) atoms. The quantitative estimate of drug-likeness (QED) is 0.418. The van der Waals surface area contributed by atoms with Crippen LogP contribution in [0.1, 0.15) is 22.9 Å². The highest BCUT2D eigenvalue weighted by atomic mass is 79.9. The van der Waals surface area contributed by atoms with Gasteiger partial charge in [-0.25, -0.2) is 5.01 Å². The Bertz CT molecular complexity index is 1040. The molecular weight excluding hydrogens is 494 g/mol. The molecule has 0 aromatic heterocycles. The van der Waals surface area contributed by atoms with E-state index >= 15 is 0 Å². The number of hydrogen-bond donors (Lipinski definition) is 0. The summed E-state index contributed by atoms with van der Waals surface area (Å²) in [4.78, 5) is 15.0. The van der Waals surface area contributed by atoms with E-state index in [-0.39, 0.29) is 12.1 Å². The Morgan fingerprint density at radius 1 is 0.931 bits per heavy atom. The third-order valence-corrected chi connectivity index (χ3v) is 5.71. The van der Waals surface area contributed by atoms with Gasteiger partial charge in [-0.15, -0.1) is 0 Å². The molecule has 1 amide bonds. The SMILES string of the molecule is O=C1CN(Cc2ccccc2)[C@H](c2cccc(Br)c2)N1/N=C\c1cccc(Br)c1. The maximum Gasteiger partial charge on any atom is 0.258 e. The zero-order valence-corrected chi connectivity index (χ0v) is 18.8. The van der Waals surface area contributed by atoms with E-state index in [0.29, 0.717) is 13.1 Å². The molecule has 4 nitrogen and oxygen atoms in total. The molecule has 4 rings (SSSR count). The van der Waals surface area contributed by atoms with Crippen LogP contribution in [-0.4, -0.2) is 28.6 Å². The fourth-order valence-electron chi connectivity index (χ4n) is 3.45. The molecule has 1 aliphatic rings. The molecule has 3 aromatic carbocycles. The molecule has 1 aliphatic heterocycles. The zero-order valence-electron chi connectivity index (χ0n) is 15.6. The van der Waals surface area contributed by atoms with Crippen LogP contribution >= 0.6 is 31.9 Å². The Hall–Kier alpha value is -2.28. The van der Waals surface area contributed by atoms with Crippen LogP contribution in [0.15, 0.2) is 92.9 Å². The van der Waals surface area contributed by atoms with Gasteiger partial charge in [0.2, 0.25) is 0 Å². The van der Waals surface area contributed by atoms with Gasteiger partial charge in [-0.3, -0.25) is 9.69 Å². The predicted octanol–water partition coefficient (Wildman–Crippen LogP) is 5.59. The third kappa shape index (κ3) is 4.83. The summed E-state index contributed by atoms with van der Waals surface area (Å²) in [6.07, 6.45) is 1.48. The molecular formula is C23H19Br2N3O. The Labute approximate surface area is 187 Å². The van der Waals surface area contributed by atoms with Gasteiger partial charge in [-0.05, 0) is 41.0 Å². The number of benzene rings is 3. The van der Waals surface area contributed by atoms with Crippen molar-refractivity contribution >= 4 is 44.0 Å². The molecule has 146 valence electrons. The van der Waals surface area contributed by atoms with Gasteiger partial charge in [0.25, 0.3) is 5.91 Å². The second-order valence-electron chi connectivity index (χ2n) is 6.86. The minimum atomic E-state index is -0.261. The Morgan fingerprint density at radius 2 is 1.66 bits per heavy atom. The normalized spacial score (nSPS) is 17.4. The largest absolute Gasteiger partial charge is 0.271 e. The topological polar surface area (TPSA) is 35.9 Å². The number of hydrogen-bond acceptors (Lipinski definition) is 3. The Balaban J connectivity index is 1.67. The van der Waals surface area contributed by atoms with E-state index in [1.807, 2.05) is 66.7 Å². The van der Waals surface area contributed by atoms with Crippen molar-refractivity contribution in [2.75, 3.05) is 6.54 Å². The minimum absolute atomic E-state index is 0.0165. The minimum Gasteiger partial charge on any atom is -0.271 e. The number of amides is 1. The molecule has 1 fully saturated rings. The molecule has 1 atom stereocenters. The van der Waals surface area contributed by atoms with Crippen LogP contribution in [0.2, 0.25) is 0 Å². The maximum absolute atomic E-state index is 12.9. The van der Waals surface area contributed by atoms with Gasteiger partial charge in [0.15, 0.2) is 0 Å². The third-order valence-electron chi connectivity index (χ3n) is 4.73. The molecule has 0 radical (unpaired) electrons. The number of halogens is 2. The summed E-state index contributed by atoms with van der Waals surface area (Å²) in [5, 5.41) is 6.16. The van der Waals surface area contributed by atoms with Crippen LogP contribution in [-0.2, 0) is 11.3 Å². The van der Waals surface area contributed by atoms with Crippen LogP contribution in [0.3, 0.4) is 0 Å². The van der Waals surface area contributed by atoms with Crippen molar-refractivity contribution in [3.63, 3.8) is 0 Å². The molecule has 0 aliphatic carbocycles. The van der Waals surface area contributed by atoms with E-state index in [9.17, 15) is 4.79 Å². The first-order valence-electron chi connectivity index (χ1n) is 9.25. The van der Waals surface area contributed by atoms with Gasteiger partial charge in [0.1, 0.15) is 6.17 Å². The van der Waals surface area contributed by atoms with Gasteiger partial charge in [-0.2, -0.15) is 5.10 Å². The zero-order chi connectivity index (χ0) is 20.2. The summed E-state index contributed by atoms with van der Waals surface area (Å²) in [5.41, 5.74) is 3.12. The van der Waals surface area contributed by atoms with Crippen LogP contribution in [0.5, 0.6) is 0 Å². The van der Waals surface area contributed by atoms with Crippen LogP contribution in [0.25, 0.3) is 0 Å². The van der Waals surface area contributed by atoms with E-state index in [1.165, 1.54) is 0 Å². The van der Waals surface area contributed by atoms with Crippen molar-refractivity contribution in [1.29, 1.82) is 0 Å². The van der Waals surface area contributed by atoms with E-state index in [4.69, 9.17) is 0 Å². The monoisotopic (exact) mass is 511 g/mol. The van der Waals surface area contributed by atoms with E-state index in [1.54, 1.807) is 11.2 Å². The van der Waals surface area contributed by atoms with Gasteiger partial charge < -0.3 is 0 Å². The van der Waals surface area contributed by atoms with Crippen LogP contribution in [0, 0.1) is 0 Å². The lowest BCUT2D eigenvalue weighted by Gasteiger charge is -2.27. The first-order chi connectivity index (χ1) is 14.1. The van der Waals surface area contributed by atoms with Crippen LogP contribution in [0.4, 0.5) is 0 Å². The van der Waals surface area contributed by atoms with Gasteiger partial charge >= 0.3 is 0 Å². The number of hydrazone groups is 1. The predicted molar refractivity (Wildman–Crippen MR) is 122 cm³/mol. The fraction of sp³-hybridized carbons (Fsp3) is 0.130. The van der Waals surface area contributed by atoms with Gasteiger partial charge in [0, 0.05) is 15.5 Å². The van der Waals surface area contributed by atoms with Crippen molar-refractivity contribution in [2.45, 2.75) is 12.7 Å². The summed E-state index contributed by atoms with van der Waals surface area (Å²) in [7, 11) is 0. The van der Waals surface area contributed by atoms with Crippen molar-refractivity contribution in [3.8, 4) is 0 Å². The van der Waals surface area contributed by atoms with E-state index < -0.39 is 0 Å². The first-order valence-corrected chi connectivity index (χ1v) is 10.8. The summed E-state index contributed by atoms with van der Waals surface area (Å²) in [6, 6.07) is 26.1. The van der Waals surface area contributed by atoms with E-state index in [0.717, 1.165) is 25.6 Å². The lowest BCUT2D eigenvalue weighted by Crippen LogP contribution is -2.28. The molecule has 1 heterocycles.